The van der Waals surface area contributed by atoms with Gasteiger partial charge in [-0.15, -0.1) is 0 Å². The number of ether oxygens (including phenoxy) is 3. The van der Waals surface area contributed by atoms with Crippen LogP contribution in [0.1, 0.15) is 19.1 Å². The molecular weight excluding hydrogens is 408 g/mol. The number of aliphatic imine (C=N–C) groups is 1. The number of benzene rings is 1. The molecule has 1 aliphatic rings. The van der Waals surface area contributed by atoms with Gasteiger partial charge < -0.3 is 24.1 Å². The molecule has 9 nitrogen and oxygen atoms in total. The van der Waals surface area contributed by atoms with Crippen molar-refractivity contribution >= 4 is 34.1 Å². The Hall–Kier alpha value is -3.72. The number of nitrogens with zero attached hydrogens (tertiary/aromatic N) is 5. The number of rotatable bonds is 7. The van der Waals surface area contributed by atoms with Gasteiger partial charge in [0, 0.05) is 24.7 Å². The summed E-state index contributed by atoms with van der Waals surface area (Å²) in [6.45, 7) is 0.478. The fourth-order valence-electron chi connectivity index (χ4n) is 3.93. The third-order valence-corrected chi connectivity index (χ3v) is 5.54. The summed E-state index contributed by atoms with van der Waals surface area (Å²) in [5, 5.41) is 5.01. The average Bonchev–Trinajstić information content (AvgIpc) is 3.48. The minimum atomic E-state index is -0.0885. The van der Waals surface area contributed by atoms with Crippen molar-refractivity contribution in [2.24, 2.45) is 4.99 Å². The number of methoxy groups -OCH3 is 1. The van der Waals surface area contributed by atoms with Gasteiger partial charge in [0.05, 0.1) is 36.7 Å². The van der Waals surface area contributed by atoms with Crippen molar-refractivity contribution in [1.82, 2.24) is 19.5 Å². The van der Waals surface area contributed by atoms with Crippen molar-refractivity contribution in [1.29, 1.82) is 0 Å². The van der Waals surface area contributed by atoms with Crippen LogP contribution in [0, 0.1) is 0 Å². The van der Waals surface area contributed by atoms with Crippen LogP contribution < -0.4 is 14.8 Å². The fraction of sp³-hybridized carbons (Fsp3) is 0.304. The summed E-state index contributed by atoms with van der Waals surface area (Å²) >= 11 is 0. The van der Waals surface area contributed by atoms with Gasteiger partial charge in [0.25, 0.3) is 0 Å². The number of hydrogen-bond donors (Lipinski definition) is 1. The second kappa shape index (κ2) is 8.80. The third-order valence-electron chi connectivity index (χ3n) is 5.54. The number of hydrogen-bond acceptors (Lipinski definition) is 7. The number of pyridine rings is 1. The van der Waals surface area contributed by atoms with Gasteiger partial charge in [0.2, 0.25) is 0 Å². The Balaban J connectivity index is 1.25. The van der Waals surface area contributed by atoms with Crippen LogP contribution in [-0.4, -0.2) is 52.7 Å². The molecular formula is C23H24N6O3. The number of fused-ring (bicyclic) bond motifs is 2. The molecule has 1 aromatic carbocycles. The Kier molecular flexibility index (Phi) is 5.55. The summed E-state index contributed by atoms with van der Waals surface area (Å²) in [5.41, 5.74) is 1.69. The highest BCUT2D eigenvalue weighted by Gasteiger charge is 2.28. The minimum absolute atomic E-state index is 0.00336. The monoisotopic (exact) mass is 432 g/mol. The molecule has 0 amide bonds. The highest BCUT2D eigenvalue weighted by molar-refractivity contribution is 5.92. The molecule has 5 rings (SSSR count). The quantitative estimate of drug-likeness (QED) is 0.350. The first-order valence-electron chi connectivity index (χ1n) is 10.5. The first-order chi connectivity index (χ1) is 15.7. The molecule has 3 aromatic heterocycles. The standard InChI is InChI=1S/C23H24N6O3/c1-24-13-26-22-19-7-8-29(23(19)28-14-27-22)21-6-5-17(32-21)12-31-16-4-3-15-9-18(30-2)11-25-20(15)10-16/h3-4,7-11,13-14,17,21H,5-6,12H2,1-2H3,(H,24,26,27,28). The molecule has 9 heteroatoms. The van der Waals surface area contributed by atoms with E-state index in [-0.39, 0.29) is 12.3 Å². The lowest BCUT2D eigenvalue weighted by atomic mass is 10.2. The minimum Gasteiger partial charge on any atom is -0.495 e. The van der Waals surface area contributed by atoms with Crippen molar-refractivity contribution in [2.75, 3.05) is 26.1 Å². The molecule has 0 aliphatic carbocycles. The molecule has 4 heterocycles. The van der Waals surface area contributed by atoms with Crippen LogP contribution in [0.25, 0.3) is 21.9 Å². The maximum absolute atomic E-state index is 6.27. The van der Waals surface area contributed by atoms with E-state index < -0.39 is 0 Å². The Morgan fingerprint density at radius 2 is 2.12 bits per heavy atom. The SMILES string of the molecule is CN=CNc1ncnc2c1ccn2C1CCC(COc2ccc3cc(OC)cnc3c2)O1. The van der Waals surface area contributed by atoms with E-state index in [1.165, 1.54) is 0 Å². The maximum Gasteiger partial charge on any atom is 0.147 e. The first kappa shape index (κ1) is 20.2. The summed E-state index contributed by atoms with van der Waals surface area (Å²) in [5.74, 6) is 2.23. The van der Waals surface area contributed by atoms with E-state index in [1.54, 1.807) is 33.0 Å². The third kappa shape index (κ3) is 3.94. The lowest BCUT2D eigenvalue weighted by Gasteiger charge is -2.16. The van der Waals surface area contributed by atoms with Gasteiger partial charge in [-0.05, 0) is 37.1 Å². The zero-order valence-electron chi connectivity index (χ0n) is 17.9. The van der Waals surface area contributed by atoms with E-state index in [1.807, 2.05) is 36.5 Å². The largest absolute Gasteiger partial charge is 0.495 e. The first-order valence-corrected chi connectivity index (χ1v) is 10.5. The van der Waals surface area contributed by atoms with E-state index in [0.717, 1.165) is 52.1 Å². The zero-order chi connectivity index (χ0) is 21.9. The molecule has 2 atom stereocenters. The predicted octanol–water partition coefficient (Wildman–Crippen LogP) is 3.81. The van der Waals surface area contributed by atoms with Crippen molar-refractivity contribution in [3.8, 4) is 11.5 Å². The van der Waals surface area contributed by atoms with Crippen LogP contribution in [-0.2, 0) is 4.74 Å². The highest BCUT2D eigenvalue weighted by Crippen LogP contribution is 2.33. The smallest absolute Gasteiger partial charge is 0.147 e. The lowest BCUT2D eigenvalue weighted by Crippen LogP contribution is -2.18. The Morgan fingerprint density at radius 1 is 1.19 bits per heavy atom. The van der Waals surface area contributed by atoms with Crippen LogP contribution >= 0.6 is 0 Å². The van der Waals surface area contributed by atoms with E-state index in [0.29, 0.717) is 6.61 Å². The predicted molar refractivity (Wildman–Crippen MR) is 123 cm³/mol. The average molecular weight is 432 g/mol. The molecule has 1 N–H and O–H groups in total. The summed E-state index contributed by atoms with van der Waals surface area (Å²) in [6, 6.07) is 9.81. The Labute approximate surface area is 185 Å². The topological polar surface area (TPSA) is 95.7 Å². The van der Waals surface area contributed by atoms with Crippen LogP contribution in [0.2, 0.25) is 0 Å². The molecule has 1 fully saturated rings. The van der Waals surface area contributed by atoms with Crippen LogP contribution in [0.15, 0.2) is 54.0 Å². The molecule has 32 heavy (non-hydrogen) atoms. The molecule has 0 radical (unpaired) electrons. The molecule has 2 unspecified atom stereocenters. The molecule has 0 spiro atoms. The van der Waals surface area contributed by atoms with Gasteiger partial charge in [-0.25, -0.2) is 9.97 Å². The molecule has 0 saturated carbocycles. The normalized spacial score (nSPS) is 18.6. The van der Waals surface area contributed by atoms with E-state index >= 15 is 0 Å². The van der Waals surface area contributed by atoms with Crippen LogP contribution in [0.4, 0.5) is 5.82 Å². The molecule has 1 saturated heterocycles. The lowest BCUT2D eigenvalue weighted by molar-refractivity contribution is -0.0156. The molecule has 4 aromatic rings. The second-order valence-electron chi connectivity index (χ2n) is 7.54. The number of nitrogens with one attached hydrogen (secondary N) is 1. The van der Waals surface area contributed by atoms with Crippen molar-refractivity contribution in [3.05, 3.63) is 49.1 Å². The Bertz CT molecular complexity index is 1270. The van der Waals surface area contributed by atoms with Crippen molar-refractivity contribution in [2.45, 2.75) is 25.2 Å². The number of anilines is 1. The van der Waals surface area contributed by atoms with Gasteiger partial charge >= 0.3 is 0 Å². The summed E-state index contributed by atoms with van der Waals surface area (Å²) < 4.78 is 19.6. The van der Waals surface area contributed by atoms with Gasteiger partial charge in [0.15, 0.2) is 0 Å². The van der Waals surface area contributed by atoms with E-state index in [9.17, 15) is 0 Å². The zero-order valence-corrected chi connectivity index (χ0v) is 17.9. The summed E-state index contributed by atoms with van der Waals surface area (Å²) in [4.78, 5) is 17.1. The van der Waals surface area contributed by atoms with Crippen molar-refractivity contribution < 1.29 is 14.2 Å². The van der Waals surface area contributed by atoms with Gasteiger partial charge in [0.1, 0.15) is 42.1 Å². The maximum atomic E-state index is 6.27. The van der Waals surface area contributed by atoms with Crippen LogP contribution in [0.3, 0.4) is 0 Å². The van der Waals surface area contributed by atoms with E-state index in [4.69, 9.17) is 14.2 Å². The molecule has 1 aliphatic heterocycles. The van der Waals surface area contributed by atoms with Gasteiger partial charge in [-0.1, -0.05) is 0 Å². The summed E-state index contributed by atoms with van der Waals surface area (Å²) in [7, 11) is 3.34. The molecule has 0 bridgehead atoms. The second-order valence-corrected chi connectivity index (χ2v) is 7.54. The summed E-state index contributed by atoms with van der Waals surface area (Å²) in [6.07, 6.45) is 8.56. The fourth-order valence-corrected chi connectivity index (χ4v) is 3.93. The van der Waals surface area contributed by atoms with Gasteiger partial charge in [-0.2, -0.15) is 0 Å². The molecule has 164 valence electrons. The van der Waals surface area contributed by atoms with Gasteiger partial charge in [-0.3, -0.25) is 9.98 Å². The van der Waals surface area contributed by atoms with Crippen LogP contribution in [0.5, 0.6) is 11.5 Å². The Morgan fingerprint density at radius 3 is 3.00 bits per heavy atom. The highest BCUT2D eigenvalue weighted by atomic mass is 16.6. The van der Waals surface area contributed by atoms with E-state index in [2.05, 4.69) is 29.8 Å². The van der Waals surface area contributed by atoms with Crippen molar-refractivity contribution in [3.63, 3.8) is 0 Å². The number of aromatic nitrogens is 4.